The number of hydrogen-bond acceptors (Lipinski definition) is 15. The first-order chi connectivity index (χ1) is 32.7. The predicted molar refractivity (Wildman–Crippen MR) is 262 cm³/mol. The number of rotatable bonds is 22. The second-order valence-corrected chi connectivity index (χ2v) is 21.0. The summed E-state index contributed by atoms with van der Waals surface area (Å²) in [6, 6.07) is 11.8. The number of methoxy groups -OCH3 is 2. The van der Waals surface area contributed by atoms with E-state index in [4.69, 9.17) is 24.2 Å². The Kier molecular flexibility index (Phi) is 16.9. The third kappa shape index (κ3) is 13.5. The number of nitrogens with one attached hydrogen (secondary N) is 4. The van der Waals surface area contributed by atoms with Crippen LogP contribution in [0.1, 0.15) is 98.8 Å². The standard InChI is InChI=1S/C49H63N7O11S2/c1-9-31-27-49(31,45(60)55-69(62,63)41-19-17-16-18-35(41)52-42(57)20-14-12-10-11-13-15-21-43(58)65-8)54-44(59)39-25-33(28-56(39)47(61)67-48(4,5)6)66-40-26-37(38-29-68-46(53-38)50-30(2)3)51-36-24-32(64-7)22-23-34(36)40/h9,16-19,22-24,26,29-31,33,39H,1,10-15,20-21,25,27-28H2,2-8H3,(H,50,53)(H,52,57)(H,54,59)(H,55,60)/t31-,33-,39+,49-/m1/s1. The smallest absolute Gasteiger partial charge is 0.411 e. The number of sulfonamides is 1. The number of anilines is 2. The van der Waals surface area contributed by atoms with Crippen LogP contribution in [-0.4, -0.2) is 103 Å². The van der Waals surface area contributed by atoms with Crippen molar-refractivity contribution in [2.45, 2.75) is 133 Å². The van der Waals surface area contributed by atoms with Gasteiger partial charge in [-0.15, -0.1) is 17.9 Å². The van der Waals surface area contributed by atoms with E-state index in [2.05, 4.69) is 32.0 Å². The van der Waals surface area contributed by atoms with Crippen LogP contribution in [0.4, 0.5) is 15.6 Å². The van der Waals surface area contributed by atoms with E-state index in [1.807, 2.05) is 25.3 Å². The zero-order chi connectivity index (χ0) is 50.1. The minimum atomic E-state index is -4.61. The summed E-state index contributed by atoms with van der Waals surface area (Å²) in [5.74, 6) is -2.03. The first-order valence-electron chi connectivity index (χ1n) is 23.1. The number of esters is 1. The van der Waals surface area contributed by atoms with Gasteiger partial charge in [-0.25, -0.2) is 27.9 Å². The molecule has 2 aliphatic rings. The number of benzene rings is 2. The maximum Gasteiger partial charge on any atom is 0.411 e. The molecule has 4 amide bonds. The third-order valence-corrected chi connectivity index (χ3v) is 13.8. The number of nitrogens with zero attached hydrogens (tertiary/aromatic N) is 3. The minimum absolute atomic E-state index is 0.0155. The van der Waals surface area contributed by atoms with E-state index in [0.29, 0.717) is 46.6 Å². The Bertz CT molecular complexity index is 2650. The summed E-state index contributed by atoms with van der Waals surface area (Å²) >= 11 is 1.44. The molecule has 372 valence electrons. The number of likely N-dealkylation sites (tertiary alicyclic amines) is 1. The molecule has 69 heavy (non-hydrogen) atoms. The summed E-state index contributed by atoms with van der Waals surface area (Å²) in [6.45, 7) is 12.9. The molecule has 2 fully saturated rings. The topological polar surface area (TPSA) is 234 Å². The summed E-state index contributed by atoms with van der Waals surface area (Å²) in [7, 11) is -1.69. The summed E-state index contributed by atoms with van der Waals surface area (Å²) in [4.78, 5) is 77.2. The summed E-state index contributed by atoms with van der Waals surface area (Å²) in [5, 5.41) is 12.0. The number of para-hydroxylation sites is 1. The lowest BCUT2D eigenvalue weighted by molar-refractivity contribution is -0.140. The van der Waals surface area contributed by atoms with Crippen LogP contribution in [0.5, 0.6) is 11.5 Å². The monoisotopic (exact) mass is 989 g/mol. The van der Waals surface area contributed by atoms with Crippen molar-refractivity contribution in [2.75, 3.05) is 31.4 Å². The summed E-state index contributed by atoms with van der Waals surface area (Å²) < 4.78 is 52.5. The molecule has 0 radical (unpaired) electrons. The first-order valence-corrected chi connectivity index (χ1v) is 25.5. The maximum absolute atomic E-state index is 14.5. The third-order valence-electron chi connectivity index (χ3n) is 11.6. The Labute approximate surface area is 407 Å². The highest BCUT2D eigenvalue weighted by Crippen LogP contribution is 2.45. The van der Waals surface area contributed by atoms with Crippen LogP contribution in [-0.2, 0) is 38.7 Å². The van der Waals surface area contributed by atoms with E-state index in [1.165, 1.54) is 47.6 Å². The Morgan fingerprint density at radius 2 is 1.67 bits per heavy atom. The van der Waals surface area contributed by atoms with E-state index in [1.54, 1.807) is 52.1 Å². The summed E-state index contributed by atoms with van der Waals surface area (Å²) in [6.07, 6.45) is 5.18. The van der Waals surface area contributed by atoms with E-state index in [0.717, 1.165) is 37.2 Å². The second kappa shape index (κ2) is 22.4. The van der Waals surface area contributed by atoms with Gasteiger partial charge in [0, 0.05) is 54.1 Å². The van der Waals surface area contributed by atoms with E-state index in [-0.39, 0.29) is 48.4 Å². The van der Waals surface area contributed by atoms with E-state index >= 15 is 0 Å². The van der Waals surface area contributed by atoms with Crippen molar-refractivity contribution in [3.63, 3.8) is 0 Å². The Balaban J connectivity index is 1.17. The lowest BCUT2D eigenvalue weighted by Crippen LogP contribution is -2.56. The molecule has 3 heterocycles. The number of aromatic nitrogens is 2. The molecule has 2 aromatic heterocycles. The van der Waals surface area contributed by atoms with Crippen LogP contribution in [0.25, 0.3) is 22.3 Å². The van der Waals surface area contributed by atoms with Crippen molar-refractivity contribution in [3.8, 4) is 22.9 Å². The number of amides is 4. The molecule has 1 saturated heterocycles. The average Bonchev–Trinajstić information content (AvgIpc) is 3.55. The molecule has 2 aromatic carbocycles. The number of carbonyl (C=O) groups is 5. The fourth-order valence-electron chi connectivity index (χ4n) is 8.06. The van der Waals surface area contributed by atoms with Gasteiger partial charge in [0.2, 0.25) is 11.8 Å². The van der Waals surface area contributed by atoms with E-state index < -0.39 is 63.0 Å². The van der Waals surface area contributed by atoms with Crippen molar-refractivity contribution >= 4 is 72.9 Å². The molecule has 4 N–H and O–H groups in total. The lowest BCUT2D eigenvalue weighted by atomic mass is 10.1. The largest absolute Gasteiger partial charge is 0.497 e. The quantitative estimate of drug-likeness (QED) is 0.0335. The van der Waals surface area contributed by atoms with Crippen molar-refractivity contribution in [2.24, 2.45) is 5.92 Å². The normalized spacial score (nSPS) is 18.8. The molecular weight excluding hydrogens is 927 g/mol. The Morgan fingerprint density at radius 1 is 0.957 bits per heavy atom. The molecule has 18 nitrogen and oxygen atoms in total. The van der Waals surface area contributed by atoms with Crippen molar-refractivity contribution in [1.82, 2.24) is 24.9 Å². The van der Waals surface area contributed by atoms with Crippen LogP contribution in [0.2, 0.25) is 0 Å². The molecule has 6 rings (SSSR count). The number of hydrogen-bond donors (Lipinski definition) is 4. The molecule has 20 heteroatoms. The van der Waals surface area contributed by atoms with E-state index in [9.17, 15) is 32.4 Å². The summed E-state index contributed by atoms with van der Waals surface area (Å²) in [5.41, 5.74) is -0.964. The van der Waals surface area contributed by atoms with Gasteiger partial charge in [-0.1, -0.05) is 43.9 Å². The molecule has 4 aromatic rings. The highest BCUT2D eigenvalue weighted by molar-refractivity contribution is 7.90. The predicted octanol–water partition coefficient (Wildman–Crippen LogP) is 7.74. The van der Waals surface area contributed by atoms with Gasteiger partial charge in [0.05, 0.1) is 37.7 Å². The number of carbonyl (C=O) groups excluding carboxylic acids is 5. The number of pyridine rings is 1. The van der Waals surface area contributed by atoms with Crippen molar-refractivity contribution < 1.29 is 51.3 Å². The number of fused-ring (bicyclic) bond motifs is 1. The highest BCUT2D eigenvalue weighted by Gasteiger charge is 2.61. The number of thiazole rings is 1. The van der Waals surface area contributed by atoms with Gasteiger partial charge in [-0.3, -0.25) is 24.1 Å². The highest BCUT2D eigenvalue weighted by atomic mass is 32.2. The van der Waals surface area contributed by atoms with Crippen LogP contribution in [0.15, 0.2) is 71.5 Å². The zero-order valence-electron chi connectivity index (χ0n) is 40.2. The van der Waals surface area contributed by atoms with Gasteiger partial charge in [-0.2, -0.15) is 0 Å². The Hall–Kier alpha value is -6.28. The molecule has 1 aliphatic heterocycles. The van der Waals surface area contributed by atoms with Crippen LogP contribution in [0, 0.1) is 5.92 Å². The fourth-order valence-corrected chi connectivity index (χ4v) is 10.1. The van der Waals surface area contributed by atoms with Crippen LogP contribution >= 0.6 is 11.3 Å². The zero-order valence-corrected chi connectivity index (χ0v) is 41.9. The molecule has 0 spiro atoms. The van der Waals surface area contributed by atoms with Gasteiger partial charge in [-0.05, 0) is 78.1 Å². The molecular formula is C49H63N7O11S2. The number of unbranched alkanes of at least 4 members (excludes halogenated alkanes) is 5. The van der Waals surface area contributed by atoms with Gasteiger partial charge in [0.25, 0.3) is 15.9 Å². The molecule has 1 aliphatic carbocycles. The molecule has 4 atom stereocenters. The van der Waals surface area contributed by atoms with Crippen LogP contribution < -0.4 is 30.1 Å². The minimum Gasteiger partial charge on any atom is -0.497 e. The average molecular weight is 990 g/mol. The van der Waals surface area contributed by atoms with Crippen molar-refractivity contribution in [1.29, 1.82) is 0 Å². The Morgan fingerprint density at radius 3 is 2.33 bits per heavy atom. The van der Waals surface area contributed by atoms with Crippen LogP contribution in [0.3, 0.4) is 0 Å². The van der Waals surface area contributed by atoms with Gasteiger partial charge in [0.1, 0.15) is 45.4 Å². The molecule has 0 bridgehead atoms. The van der Waals surface area contributed by atoms with Crippen molar-refractivity contribution in [3.05, 3.63) is 66.6 Å². The van der Waals surface area contributed by atoms with Gasteiger partial charge < -0.3 is 34.9 Å². The molecule has 1 saturated carbocycles. The van der Waals surface area contributed by atoms with Gasteiger partial charge >= 0.3 is 12.1 Å². The second-order valence-electron chi connectivity index (χ2n) is 18.5. The fraction of sp³-hybridized carbons (Fsp3) is 0.490. The lowest BCUT2D eigenvalue weighted by Gasteiger charge is -2.29. The maximum atomic E-state index is 14.5. The SMILES string of the molecule is C=C[C@@H]1C[C@]1(NC(=O)[C@@H]1C[C@@H](Oc2cc(-c3csc(NC(C)C)n3)nc3cc(OC)ccc23)CN1C(=O)OC(C)(C)C)C(=O)NS(=O)(=O)c1ccccc1NC(=O)CCCCCCCCC(=O)OC. The number of ether oxygens (including phenoxy) is 4. The van der Waals surface area contributed by atoms with Gasteiger partial charge in [0.15, 0.2) is 5.13 Å². The molecule has 0 unspecified atom stereocenters. The first kappa shape index (κ1) is 52.1.